The van der Waals surface area contributed by atoms with Crippen molar-refractivity contribution in [3.8, 4) is 22.8 Å². The van der Waals surface area contributed by atoms with E-state index in [0.717, 1.165) is 75.6 Å². The van der Waals surface area contributed by atoms with Crippen molar-refractivity contribution in [2.45, 2.75) is 46.7 Å². The van der Waals surface area contributed by atoms with Crippen LogP contribution in [0.1, 0.15) is 39.7 Å². The smallest absolute Gasteiger partial charge is 0.258 e. The summed E-state index contributed by atoms with van der Waals surface area (Å²) in [5.74, 6) is 1.86. The van der Waals surface area contributed by atoms with Gasteiger partial charge in [-0.15, -0.1) is 0 Å². The highest BCUT2D eigenvalue weighted by molar-refractivity contribution is 5.76. The van der Waals surface area contributed by atoms with Crippen LogP contribution in [0.4, 0.5) is 5.82 Å². The summed E-state index contributed by atoms with van der Waals surface area (Å²) >= 11 is 0. The highest BCUT2D eigenvalue weighted by Crippen LogP contribution is 2.25. The lowest BCUT2D eigenvalue weighted by molar-refractivity contribution is -0.123. The first kappa shape index (κ1) is 26.8. The molecule has 2 aliphatic rings. The molecule has 37 heavy (non-hydrogen) atoms. The van der Waals surface area contributed by atoms with Gasteiger partial charge in [0.15, 0.2) is 0 Å². The number of likely N-dealkylation sites (tertiary alicyclic amines) is 1. The molecular weight excluding hydrogens is 466 g/mol. The van der Waals surface area contributed by atoms with Crippen LogP contribution in [0.25, 0.3) is 22.8 Å². The molecule has 0 bridgehead atoms. The molecule has 2 aliphatic heterocycles. The Kier molecular flexibility index (Phi) is 8.56. The molecule has 1 amide bonds. The van der Waals surface area contributed by atoms with E-state index in [1.165, 1.54) is 5.56 Å². The molecule has 198 valence electrons. The number of anilines is 1. The summed E-state index contributed by atoms with van der Waals surface area (Å²) in [5, 5.41) is 4.18. The van der Waals surface area contributed by atoms with Gasteiger partial charge in [-0.1, -0.05) is 24.7 Å². The second-order valence-electron chi connectivity index (χ2n) is 10.1. The van der Waals surface area contributed by atoms with E-state index in [0.29, 0.717) is 17.8 Å². The number of carbonyl (C=O) groups is 1. The molecule has 2 N–H and O–H groups in total. The number of hydrogen-bond donors (Lipinski definition) is 1. The molecule has 4 heterocycles. The van der Waals surface area contributed by atoms with Crippen LogP contribution in [0.3, 0.4) is 0 Å². The van der Waals surface area contributed by atoms with E-state index < -0.39 is 0 Å². The largest absolute Gasteiger partial charge is 0.369 e. The number of benzene rings is 1. The molecule has 5 rings (SSSR count). The van der Waals surface area contributed by atoms with Gasteiger partial charge in [-0.25, -0.2) is 4.98 Å². The number of amides is 1. The maximum atomic E-state index is 11.4. The van der Waals surface area contributed by atoms with Crippen molar-refractivity contribution >= 4 is 11.7 Å². The van der Waals surface area contributed by atoms with E-state index in [2.05, 4.69) is 55.8 Å². The van der Waals surface area contributed by atoms with Crippen LogP contribution < -0.4 is 10.6 Å². The third kappa shape index (κ3) is 6.34. The van der Waals surface area contributed by atoms with Crippen molar-refractivity contribution in [3.63, 3.8) is 0 Å². The molecule has 0 aliphatic carbocycles. The van der Waals surface area contributed by atoms with Crippen molar-refractivity contribution in [1.29, 1.82) is 0 Å². The normalized spacial score (nSPS) is 17.6. The Morgan fingerprint density at radius 3 is 2.27 bits per heavy atom. The third-order valence-electron chi connectivity index (χ3n) is 7.40. The molecule has 2 aromatic heterocycles. The maximum Gasteiger partial charge on any atom is 0.258 e. The molecule has 0 spiro atoms. The van der Waals surface area contributed by atoms with Gasteiger partial charge < -0.3 is 15.2 Å². The zero-order chi connectivity index (χ0) is 25.1. The number of pyridine rings is 1. The predicted molar refractivity (Wildman–Crippen MR) is 146 cm³/mol. The second kappa shape index (κ2) is 11.8. The zero-order valence-electron chi connectivity index (χ0n) is 21.1. The van der Waals surface area contributed by atoms with Crippen molar-refractivity contribution in [3.05, 3.63) is 48.2 Å². The molecule has 0 atom stereocenters. The highest BCUT2D eigenvalue weighted by atomic mass is 16.5. The second-order valence-corrected chi connectivity index (χ2v) is 10.1. The number of piperazine rings is 1. The summed E-state index contributed by atoms with van der Waals surface area (Å²) in [6.07, 6.45) is 3.49. The lowest BCUT2D eigenvalue weighted by Crippen LogP contribution is -2.49. The van der Waals surface area contributed by atoms with Gasteiger partial charge in [-0.3, -0.25) is 14.6 Å². The third-order valence-corrected chi connectivity index (χ3v) is 7.40. The van der Waals surface area contributed by atoms with Crippen LogP contribution in [-0.4, -0.2) is 76.1 Å². The summed E-state index contributed by atoms with van der Waals surface area (Å²) < 4.78 is 5.55. The Labute approximate surface area is 219 Å². The van der Waals surface area contributed by atoms with E-state index in [1.54, 1.807) is 0 Å². The van der Waals surface area contributed by atoms with E-state index >= 15 is 0 Å². The van der Waals surface area contributed by atoms with Crippen molar-refractivity contribution in [2.24, 2.45) is 11.7 Å². The topological polar surface area (TPSA) is 105 Å². The summed E-state index contributed by atoms with van der Waals surface area (Å²) in [6.45, 7) is 11.2. The van der Waals surface area contributed by atoms with E-state index in [1.807, 2.05) is 30.5 Å². The van der Waals surface area contributed by atoms with Crippen molar-refractivity contribution in [1.82, 2.24) is 24.9 Å². The fourth-order valence-corrected chi connectivity index (χ4v) is 5.02. The van der Waals surface area contributed by atoms with Gasteiger partial charge in [0.1, 0.15) is 5.82 Å². The molecule has 9 nitrogen and oxygen atoms in total. The lowest BCUT2D eigenvalue weighted by atomic mass is 9.96. The van der Waals surface area contributed by atoms with Crippen molar-refractivity contribution < 1.29 is 9.32 Å². The number of primary amides is 1. The minimum Gasteiger partial charge on any atom is -0.369 e. The van der Waals surface area contributed by atoms with Gasteiger partial charge >= 0.3 is 0 Å². The summed E-state index contributed by atoms with van der Waals surface area (Å²) in [4.78, 5) is 27.8. The van der Waals surface area contributed by atoms with Gasteiger partial charge in [-0.05, 0) is 69.6 Å². The standard InChI is InChI=1S/C27H35N7O2.CH4/c1-19(2)33-13-15-34(16-14-33)24-8-7-23(17-29-24)26-30-27(36-31-26)22-5-3-20(4-6-22)18-32-11-9-21(10-12-32)25(28)35;/h3-8,17,19,21H,9-16,18H2,1-2H3,(H2,28,35);1H4. The van der Waals surface area contributed by atoms with Crippen LogP contribution in [0.2, 0.25) is 0 Å². The monoisotopic (exact) mass is 505 g/mol. The number of nitrogens with two attached hydrogens (primary N) is 1. The van der Waals surface area contributed by atoms with Crippen LogP contribution in [0, 0.1) is 5.92 Å². The van der Waals surface area contributed by atoms with Crippen molar-refractivity contribution in [2.75, 3.05) is 44.2 Å². The van der Waals surface area contributed by atoms with E-state index in [4.69, 9.17) is 10.3 Å². The number of rotatable bonds is 7. The van der Waals surface area contributed by atoms with Gasteiger partial charge in [0.2, 0.25) is 11.7 Å². The van der Waals surface area contributed by atoms with Gasteiger partial charge in [0.05, 0.1) is 0 Å². The quantitative estimate of drug-likeness (QED) is 0.519. The molecule has 3 aromatic rings. The maximum absolute atomic E-state index is 11.4. The Morgan fingerprint density at radius 2 is 1.68 bits per heavy atom. The fraction of sp³-hybridized carbons (Fsp3) is 0.500. The molecular formula is C28H39N7O2. The van der Waals surface area contributed by atoms with Crippen LogP contribution >= 0.6 is 0 Å². The summed E-state index contributed by atoms with van der Waals surface area (Å²) in [6, 6.07) is 12.8. The summed E-state index contributed by atoms with van der Waals surface area (Å²) in [7, 11) is 0. The predicted octanol–water partition coefficient (Wildman–Crippen LogP) is 3.66. The molecule has 1 aromatic carbocycles. The first-order valence-corrected chi connectivity index (χ1v) is 12.9. The molecule has 0 unspecified atom stereocenters. The molecule has 2 saturated heterocycles. The molecule has 0 radical (unpaired) electrons. The number of piperidine rings is 1. The average molecular weight is 506 g/mol. The molecule has 0 saturated carbocycles. The Morgan fingerprint density at radius 1 is 1.00 bits per heavy atom. The van der Waals surface area contributed by atoms with Crippen LogP contribution in [0.15, 0.2) is 47.1 Å². The first-order chi connectivity index (χ1) is 17.5. The Hall–Kier alpha value is -3.30. The number of carbonyl (C=O) groups excluding carboxylic acids is 1. The number of aromatic nitrogens is 3. The molecule has 2 fully saturated rings. The van der Waals surface area contributed by atoms with Gasteiger partial charge in [-0.2, -0.15) is 4.98 Å². The Bertz CT molecular complexity index is 1140. The van der Waals surface area contributed by atoms with Crippen LogP contribution in [-0.2, 0) is 11.3 Å². The molecule has 9 heteroatoms. The Balaban J connectivity index is 0.00000320. The fourth-order valence-electron chi connectivity index (χ4n) is 5.02. The van der Waals surface area contributed by atoms with E-state index in [9.17, 15) is 4.79 Å². The average Bonchev–Trinajstić information content (AvgIpc) is 3.40. The zero-order valence-corrected chi connectivity index (χ0v) is 21.1. The minimum atomic E-state index is -0.176. The lowest BCUT2D eigenvalue weighted by Gasteiger charge is -2.37. The van der Waals surface area contributed by atoms with Gasteiger partial charge in [0.25, 0.3) is 5.89 Å². The minimum absolute atomic E-state index is 0. The number of hydrogen-bond acceptors (Lipinski definition) is 8. The SMILES string of the molecule is C.CC(C)N1CCN(c2ccc(-c3noc(-c4ccc(CN5CCC(C(N)=O)CC5)cc4)n3)cn2)CC1. The summed E-state index contributed by atoms with van der Waals surface area (Å²) in [5.41, 5.74) is 8.38. The number of nitrogens with zero attached hydrogens (tertiary/aromatic N) is 6. The first-order valence-electron chi connectivity index (χ1n) is 12.9. The van der Waals surface area contributed by atoms with E-state index in [-0.39, 0.29) is 19.3 Å². The van der Waals surface area contributed by atoms with Gasteiger partial charge in [0, 0.05) is 62.0 Å². The highest BCUT2D eigenvalue weighted by Gasteiger charge is 2.23. The van der Waals surface area contributed by atoms with Crippen LogP contribution in [0.5, 0.6) is 0 Å².